The smallest absolute Gasteiger partial charge is 0.161 e. The van der Waals surface area contributed by atoms with Crippen molar-refractivity contribution in [2.45, 2.75) is 18.9 Å². The molecular formula is C13H17NO2. The van der Waals surface area contributed by atoms with Gasteiger partial charge in [0.15, 0.2) is 11.5 Å². The maximum Gasteiger partial charge on any atom is 0.161 e. The van der Waals surface area contributed by atoms with Gasteiger partial charge < -0.3 is 15.2 Å². The van der Waals surface area contributed by atoms with Crippen molar-refractivity contribution in [2.24, 2.45) is 5.73 Å². The Morgan fingerprint density at radius 3 is 2.81 bits per heavy atom. The Morgan fingerprint density at radius 2 is 2.06 bits per heavy atom. The van der Waals surface area contributed by atoms with E-state index in [1.54, 1.807) is 0 Å². The Hall–Kier alpha value is -1.48. The molecule has 0 aromatic heterocycles. The van der Waals surface area contributed by atoms with Crippen molar-refractivity contribution in [2.75, 3.05) is 13.2 Å². The highest BCUT2D eigenvalue weighted by atomic mass is 16.5. The van der Waals surface area contributed by atoms with Crippen LogP contribution < -0.4 is 15.2 Å². The Morgan fingerprint density at radius 1 is 1.31 bits per heavy atom. The van der Waals surface area contributed by atoms with Crippen molar-refractivity contribution in [3.8, 4) is 11.5 Å². The standard InChI is InChI=1S/C13H17NO2/c1-2-4-11(14)10-5-6-12-13(9-10)16-8-3-7-15-12/h2,5-6,9,11H,1,3-4,7-8,14H2. The van der Waals surface area contributed by atoms with E-state index in [0.29, 0.717) is 13.2 Å². The molecule has 2 N–H and O–H groups in total. The van der Waals surface area contributed by atoms with Crippen LogP contribution in [0.1, 0.15) is 24.4 Å². The summed E-state index contributed by atoms with van der Waals surface area (Å²) in [6, 6.07) is 5.87. The van der Waals surface area contributed by atoms with E-state index in [-0.39, 0.29) is 6.04 Å². The molecule has 16 heavy (non-hydrogen) atoms. The fourth-order valence-electron chi connectivity index (χ4n) is 1.73. The molecule has 0 bridgehead atoms. The summed E-state index contributed by atoms with van der Waals surface area (Å²) in [6.07, 6.45) is 3.51. The van der Waals surface area contributed by atoms with Crippen LogP contribution in [0.3, 0.4) is 0 Å². The molecule has 1 aromatic rings. The summed E-state index contributed by atoms with van der Waals surface area (Å²) in [6.45, 7) is 5.11. The van der Waals surface area contributed by atoms with Gasteiger partial charge in [-0.2, -0.15) is 0 Å². The zero-order valence-electron chi connectivity index (χ0n) is 9.32. The highest BCUT2D eigenvalue weighted by molar-refractivity contribution is 5.44. The van der Waals surface area contributed by atoms with E-state index in [4.69, 9.17) is 15.2 Å². The van der Waals surface area contributed by atoms with Gasteiger partial charge in [-0.1, -0.05) is 12.1 Å². The molecule has 0 fully saturated rings. The number of benzene rings is 1. The summed E-state index contributed by atoms with van der Waals surface area (Å²) in [4.78, 5) is 0. The summed E-state index contributed by atoms with van der Waals surface area (Å²) in [7, 11) is 0. The van der Waals surface area contributed by atoms with E-state index >= 15 is 0 Å². The van der Waals surface area contributed by atoms with Crippen molar-refractivity contribution >= 4 is 0 Å². The van der Waals surface area contributed by atoms with E-state index in [2.05, 4.69) is 6.58 Å². The van der Waals surface area contributed by atoms with Gasteiger partial charge in [0.25, 0.3) is 0 Å². The van der Waals surface area contributed by atoms with Gasteiger partial charge in [0.2, 0.25) is 0 Å². The zero-order valence-corrected chi connectivity index (χ0v) is 9.32. The van der Waals surface area contributed by atoms with Crippen molar-refractivity contribution in [3.63, 3.8) is 0 Å². The third-order valence-corrected chi connectivity index (χ3v) is 2.62. The minimum Gasteiger partial charge on any atom is -0.490 e. The second-order valence-corrected chi connectivity index (χ2v) is 3.89. The van der Waals surface area contributed by atoms with E-state index in [1.165, 1.54) is 0 Å². The lowest BCUT2D eigenvalue weighted by atomic mass is 10.0. The molecule has 1 aliphatic heterocycles. The van der Waals surface area contributed by atoms with E-state index < -0.39 is 0 Å². The molecule has 2 rings (SSSR count). The first kappa shape index (κ1) is 11.0. The molecule has 1 aromatic carbocycles. The second kappa shape index (κ2) is 5.03. The van der Waals surface area contributed by atoms with Crippen LogP contribution in [0.4, 0.5) is 0 Å². The minimum absolute atomic E-state index is 0.0188. The Kier molecular flexibility index (Phi) is 3.47. The lowest BCUT2D eigenvalue weighted by molar-refractivity contribution is 0.297. The maximum absolute atomic E-state index is 6.01. The monoisotopic (exact) mass is 219 g/mol. The van der Waals surface area contributed by atoms with Crippen LogP contribution in [0.2, 0.25) is 0 Å². The number of rotatable bonds is 3. The first-order chi connectivity index (χ1) is 7.81. The second-order valence-electron chi connectivity index (χ2n) is 3.89. The third-order valence-electron chi connectivity index (χ3n) is 2.62. The molecule has 0 radical (unpaired) electrons. The first-order valence-corrected chi connectivity index (χ1v) is 5.57. The average Bonchev–Trinajstić information content (AvgIpc) is 2.53. The highest BCUT2D eigenvalue weighted by Gasteiger charge is 2.12. The average molecular weight is 219 g/mol. The third kappa shape index (κ3) is 2.36. The Bertz CT molecular complexity index is 376. The SMILES string of the molecule is C=CCC(N)c1ccc2c(c1)OCCCO2. The van der Waals surface area contributed by atoms with Gasteiger partial charge in [-0.3, -0.25) is 0 Å². The van der Waals surface area contributed by atoms with Crippen LogP contribution in [0.15, 0.2) is 30.9 Å². The molecule has 1 heterocycles. The molecule has 86 valence electrons. The van der Waals surface area contributed by atoms with Crippen molar-refractivity contribution < 1.29 is 9.47 Å². The van der Waals surface area contributed by atoms with Gasteiger partial charge in [-0.25, -0.2) is 0 Å². The maximum atomic E-state index is 6.01. The van der Waals surface area contributed by atoms with Crippen molar-refractivity contribution in [1.82, 2.24) is 0 Å². The number of hydrogen-bond donors (Lipinski definition) is 1. The van der Waals surface area contributed by atoms with Gasteiger partial charge >= 0.3 is 0 Å². The number of fused-ring (bicyclic) bond motifs is 1. The van der Waals surface area contributed by atoms with E-state index in [9.17, 15) is 0 Å². The molecule has 3 nitrogen and oxygen atoms in total. The molecule has 3 heteroatoms. The number of nitrogens with two attached hydrogens (primary N) is 1. The molecule has 0 saturated heterocycles. The summed E-state index contributed by atoms with van der Waals surface area (Å²) < 4.78 is 11.2. The fourth-order valence-corrected chi connectivity index (χ4v) is 1.73. The van der Waals surface area contributed by atoms with Gasteiger partial charge in [0, 0.05) is 12.5 Å². The molecule has 0 spiro atoms. The van der Waals surface area contributed by atoms with Gasteiger partial charge in [-0.05, 0) is 24.1 Å². The number of ether oxygens (including phenoxy) is 2. The van der Waals surface area contributed by atoms with Crippen LogP contribution in [0.5, 0.6) is 11.5 Å². The number of hydrogen-bond acceptors (Lipinski definition) is 3. The summed E-state index contributed by atoms with van der Waals surface area (Å²) >= 11 is 0. The molecular weight excluding hydrogens is 202 g/mol. The molecule has 1 unspecified atom stereocenters. The topological polar surface area (TPSA) is 44.5 Å². The minimum atomic E-state index is -0.0188. The van der Waals surface area contributed by atoms with Crippen LogP contribution in [-0.4, -0.2) is 13.2 Å². The van der Waals surface area contributed by atoms with Crippen LogP contribution in [0.25, 0.3) is 0 Å². The Labute approximate surface area is 95.9 Å². The van der Waals surface area contributed by atoms with Crippen LogP contribution in [-0.2, 0) is 0 Å². The summed E-state index contributed by atoms with van der Waals surface area (Å²) in [5.41, 5.74) is 7.07. The predicted octanol–water partition coefficient (Wildman–Crippen LogP) is 2.42. The van der Waals surface area contributed by atoms with Crippen molar-refractivity contribution in [3.05, 3.63) is 36.4 Å². The molecule has 0 aliphatic carbocycles. The molecule has 0 amide bonds. The molecule has 1 aliphatic rings. The zero-order chi connectivity index (χ0) is 11.4. The normalized spacial score (nSPS) is 16.3. The van der Waals surface area contributed by atoms with E-state index in [1.807, 2.05) is 24.3 Å². The van der Waals surface area contributed by atoms with Crippen LogP contribution in [0, 0.1) is 0 Å². The largest absolute Gasteiger partial charge is 0.490 e. The van der Waals surface area contributed by atoms with E-state index in [0.717, 1.165) is 29.9 Å². The summed E-state index contributed by atoms with van der Waals surface area (Å²) in [5, 5.41) is 0. The lowest BCUT2D eigenvalue weighted by Gasteiger charge is -2.13. The van der Waals surface area contributed by atoms with Gasteiger partial charge in [-0.15, -0.1) is 6.58 Å². The predicted molar refractivity (Wildman–Crippen MR) is 63.8 cm³/mol. The highest BCUT2D eigenvalue weighted by Crippen LogP contribution is 2.32. The first-order valence-electron chi connectivity index (χ1n) is 5.57. The molecule has 1 atom stereocenters. The fraction of sp³-hybridized carbons (Fsp3) is 0.385. The van der Waals surface area contributed by atoms with Crippen molar-refractivity contribution in [1.29, 1.82) is 0 Å². The summed E-state index contributed by atoms with van der Waals surface area (Å²) in [5.74, 6) is 1.61. The van der Waals surface area contributed by atoms with Gasteiger partial charge in [0.05, 0.1) is 13.2 Å². The van der Waals surface area contributed by atoms with Gasteiger partial charge in [0.1, 0.15) is 0 Å². The lowest BCUT2D eigenvalue weighted by Crippen LogP contribution is -2.09. The Balaban J connectivity index is 2.23. The quantitative estimate of drug-likeness (QED) is 0.794. The molecule has 0 saturated carbocycles. The van der Waals surface area contributed by atoms with Crippen LogP contribution >= 0.6 is 0 Å².